The van der Waals surface area contributed by atoms with Crippen LogP contribution in [0.2, 0.25) is 0 Å². The molecule has 14 radical (unpaired) electrons. The zero-order valence-electron chi connectivity index (χ0n) is 30.9. The van der Waals surface area contributed by atoms with Crippen LogP contribution in [0.15, 0.2) is 121 Å². The summed E-state index contributed by atoms with van der Waals surface area (Å²) in [6, 6.07) is 40.2. The first kappa shape index (κ1) is 36.4. The number of nitrogens with zero attached hydrogens (tertiary/aromatic N) is 2. The highest BCUT2D eigenvalue weighted by atomic mass is 16.3. The normalized spacial score (nSPS) is 11.5. The van der Waals surface area contributed by atoms with Crippen LogP contribution in [-0.4, -0.2) is 74.7 Å². The fraction of sp³-hybridized carbons (Fsp3) is 0.0217. The molecule has 0 aliphatic carbocycles. The molecular formula is C46H25B7N2O2. The van der Waals surface area contributed by atoms with Crippen molar-refractivity contribution in [3.63, 3.8) is 0 Å². The van der Waals surface area contributed by atoms with E-state index >= 15 is 0 Å². The van der Waals surface area contributed by atoms with Crippen LogP contribution in [0, 0.1) is 6.92 Å². The van der Waals surface area contributed by atoms with Gasteiger partial charge in [-0.05, 0) is 74.5 Å². The Bertz CT molecular complexity index is 3040. The summed E-state index contributed by atoms with van der Waals surface area (Å²) in [7, 11) is 44.9. The summed E-state index contributed by atoms with van der Waals surface area (Å²) in [5.41, 5.74) is 8.85. The maximum Gasteiger partial charge on any atom is 0.146 e. The van der Waals surface area contributed by atoms with Crippen LogP contribution in [0.3, 0.4) is 0 Å². The Morgan fingerprint density at radius 3 is 1.56 bits per heavy atom. The van der Waals surface area contributed by atoms with Crippen molar-refractivity contribution in [3.05, 3.63) is 127 Å². The number of hydrogen-bond donors (Lipinski definition) is 2. The molecule has 0 fully saturated rings. The highest BCUT2D eigenvalue weighted by Gasteiger charge is 2.25. The number of hydrogen-bond acceptors (Lipinski definition) is 3. The van der Waals surface area contributed by atoms with Gasteiger partial charge >= 0.3 is 0 Å². The maximum atomic E-state index is 11.2. The second-order valence-electron chi connectivity index (χ2n) is 14.2. The van der Waals surface area contributed by atoms with Crippen LogP contribution in [0.1, 0.15) is 5.56 Å². The Morgan fingerprint density at radius 1 is 0.456 bits per heavy atom. The highest BCUT2D eigenvalue weighted by molar-refractivity contribution is 6.60. The monoisotopic (exact) mass is 714 g/mol. The molecule has 0 spiro atoms. The molecule has 252 valence electrons. The van der Waals surface area contributed by atoms with Crippen molar-refractivity contribution in [2.75, 3.05) is 0 Å². The molecule has 9 aromatic rings. The molecule has 57 heavy (non-hydrogen) atoms. The Balaban J connectivity index is 1.34. The van der Waals surface area contributed by atoms with Crippen molar-refractivity contribution < 1.29 is 10.2 Å². The van der Waals surface area contributed by atoms with Crippen LogP contribution in [0.5, 0.6) is 11.5 Å². The van der Waals surface area contributed by atoms with Crippen molar-refractivity contribution in [2.45, 2.75) is 6.92 Å². The zero-order valence-corrected chi connectivity index (χ0v) is 30.9. The lowest BCUT2D eigenvalue weighted by Gasteiger charge is -2.23. The van der Waals surface area contributed by atoms with Crippen molar-refractivity contribution in [2.24, 2.45) is 0 Å². The van der Waals surface area contributed by atoms with E-state index < -0.39 is 0 Å². The summed E-state index contributed by atoms with van der Waals surface area (Å²) in [6.45, 7) is 1.79. The van der Waals surface area contributed by atoms with Crippen molar-refractivity contribution >= 4 is 126 Å². The van der Waals surface area contributed by atoms with Gasteiger partial charge in [0.2, 0.25) is 0 Å². The molecule has 0 aliphatic heterocycles. The van der Waals surface area contributed by atoms with Crippen LogP contribution in [0.4, 0.5) is 0 Å². The lowest BCUT2D eigenvalue weighted by atomic mass is 9.68. The Hall–Kier alpha value is -6.20. The molecule has 8 aromatic carbocycles. The number of phenolic OH excluding ortho intramolecular Hbond substituents is 2. The second kappa shape index (κ2) is 13.8. The molecule has 1 aromatic heterocycles. The zero-order chi connectivity index (χ0) is 39.9. The predicted molar refractivity (Wildman–Crippen MR) is 244 cm³/mol. The first-order chi connectivity index (χ1) is 27.5. The van der Waals surface area contributed by atoms with E-state index in [1.165, 1.54) is 0 Å². The second-order valence-corrected chi connectivity index (χ2v) is 14.2. The number of phenols is 2. The summed E-state index contributed by atoms with van der Waals surface area (Å²) in [4.78, 5) is 5.17. The lowest BCUT2D eigenvalue weighted by molar-refractivity contribution is 0.482. The van der Waals surface area contributed by atoms with Gasteiger partial charge in [-0.2, -0.15) is 0 Å². The van der Waals surface area contributed by atoms with Gasteiger partial charge in [0, 0.05) is 16.8 Å². The summed E-state index contributed by atoms with van der Waals surface area (Å²) >= 11 is 0. The molecule has 0 saturated carbocycles. The average Bonchev–Trinajstić information content (AvgIpc) is 3.62. The van der Waals surface area contributed by atoms with Crippen LogP contribution in [-0.2, 0) is 0 Å². The summed E-state index contributed by atoms with van der Waals surface area (Å²) in [5, 5.41) is 25.9. The minimum absolute atomic E-state index is 0.0711. The third-order valence-electron chi connectivity index (χ3n) is 11.1. The SMILES string of the molecule is [B]c1c([B])c(O)c(-c2cccc(-c3c4ccccc4c(-c4ccccc4-c4nc5ccccc5n4-c4c([B])c([B])c(O)c([B])c4[B])c4ccccc34)c2)c([B])c1C. The summed E-state index contributed by atoms with van der Waals surface area (Å²) < 4.78 is 1.86. The maximum absolute atomic E-state index is 11.2. The molecule has 0 amide bonds. The molecule has 2 N–H and O–H groups in total. The number of aromatic hydroxyl groups is 2. The first-order valence-corrected chi connectivity index (χ1v) is 18.2. The minimum Gasteiger partial charge on any atom is -0.509 e. The average molecular weight is 713 g/mol. The van der Waals surface area contributed by atoms with E-state index in [0.717, 1.165) is 54.9 Å². The topological polar surface area (TPSA) is 58.3 Å². The Morgan fingerprint density at radius 2 is 0.947 bits per heavy atom. The molecule has 1 heterocycles. The number of fused-ring (bicyclic) bond motifs is 3. The van der Waals surface area contributed by atoms with Gasteiger partial charge in [0.1, 0.15) is 66.5 Å². The van der Waals surface area contributed by atoms with E-state index in [4.69, 9.17) is 59.9 Å². The number of benzene rings is 8. The van der Waals surface area contributed by atoms with Crippen LogP contribution < -0.4 is 38.2 Å². The Labute approximate surface area is 339 Å². The molecular weight excluding hydrogens is 688 g/mol. The van der Waals surface area contributed by atoms with Gasteiger partial charge < -0.3 is 10.2 Å². The lowest BCUT2D eigenvalue weighted by Crippen LogP contribution is -2.44. The molecule has 9 rings (SSSR count). The number of aromatic nitrogens is 2. The van der Waals surface area contributed by atoms with E-state index in [9.17, 15) is 10.2 Å². The predicted octanol–water partition coefficient (Wildman–Crippen LogP) is 3.28. The van der Waals surface area contributed by atoms with E-state index in [2.05, 4.69) is 36.4 Å². The van der Waals surface area contributed by atoms with Crippen molar-refractivity contribution in [3.8, 4) is 62.0 Å². The van der Waals surface area contributed by atoms with Crippen molar-refractivity contribution in [1.29, 1.82) is 0 Å². The fourth-order valence-electron chi connectivity index (χ4n) is 8.15. The summed E-state index contributed by atoms with van der Waals surface area (Å²) in [6.07, 6.45) is 0. The smallest absolute Gasteiger partial charge is 0.146 e. The van der Waals surface area contributed by atoms with Gasteiger partial charge in [0.15, 0.2) is 0 Å². The van der Waals surface area contributed by atoms with Crippen LogP contribution in [0.25, 0.3) is 83.0 Å². The molecule has 11 heteroatoms. The summed E-state index contributed by atoms with van der Waals surface area (Å²) in [5.74, 6) is 0.0355. The van der Waals surface area contributed by atoms with Gasteiger partial charge in [-0.15, -0.1) is 0 Å². The van der Waals surface area contributed by atoms with Gasteiger partial charge in [0.25, 0.3) is 0 Å². The fourth-order valence-corrected chi connectivity index (χ4v) is 8.15. The van der Waals surface area contributed by atoms with Crippen molar-refractivity contribution in [1.82, 2.24) is 9.55 Å². The Kier molecular flexibility index (Phi) is 8.81. The van der Waals surface area contributed by atoms with E-state index in [0.29, 0.717) is 39.2 Å². The van der Waals surface area contributed by atoms with E-state index in [-0.39, 0.29) is 44.3 Å². The molecule has 0 unspecified atom stereocenters. The van der Waals surface area contributed by atoms with Gasteiger partial charge in [0.05, 0.1) is 16.8 Å². The van der Waals surface area contributed by atoms with E-state index in [1.807, 2.05) is 89.5 Å². The third kappa shape index (κ3) is 5.50. The van der Waals surface area contributed by atoms with Gasteiger partial charge in [-0.3, -0.25) is 4.57 Å². The molecule has 0 bridgehead atoms. The quantitative estimate of drug-likeness (QED) is 0.213. The number of para-hydroxylation sites is 2. The van der Waals surface area contributed by atoms with Crippen LogP contribution >= 0.6 is 0 Å². The number of imidazole rings is 1. The molecule has 0 atom stereocenters. The molecule has 0 saturated heterocycles. The van der Waals surface area contributed by atoms with Gasteiger partial charge in [-0.1, -0.05) is 147 Å². The molecule has 4 nitrogen and oxygen atoms in total. The molecule has 0 aliphatic rings. The standard InChI is InChI=1S/C46H25B7N2O2/c1-22-36(47)34(44(56)40(51)37(22)48)24-12-10-11-23(21-24)33-25-13-2-4-15-27(25)35(28-16-5-3-14-26(28)33)29-17-6-7-18-30(29)46-54-31-19-8-9-20-32(31)55(46)43-38(49)41(52)45(57)42(53)39(43)50/h2-21,56-57H,1H3. The third-order valence-corrected chi connectivity index (χ3v) is 11.1. The number of rotatable bonds is 5. The highest BCUT2D eigenvalue weighted by Crippen LogP contribution is 2.47. The van der Waals surface area contributed by atoms with Gasteiger partial charge in [-0.25, -0.2) is 4.98 Å². The largest absolute Gasteiger partial charge is 0.509 e. The minimum atomic E-state index is -0.364. The van der Waals surface area contributed by atoms with E-state index in [1.54, 1.807) is 6.92 Å². The first-order valence-electron chi connectivity index (χ1n) is 18.2.